The van der Waals surface area contributed by atoms with Crippen LogP contribution in [0.1, 0.15) is 36.0 Å². The standard InChI is InChI=1S/C13H19N/c1-9-3-4-13-11(7-9)8-10(2)12(13)5-6-14/h3-4,7,10,12H,5-6,8,14H2,1-2H3. The zero-order chi connectivity index (χ0) is 10.1. The Hall–Kier alpha value is -0.820. The van der Waals surface area contributed by atoms with Gasteiger partial charge in [0.2, 0.25) is 0 Å². The summed E-state index contributed by atoms with van der Waals surface area (Å²) in [4.78, 5) is 0. The highest BCUT2D eigenvalue weighted by atomic mass is 14.5. The molecule has 0 bridgehead atoms. The average molecular weight is 189 g/mol. The van der Waals surface area contributed by atoms with Crippen molar-refractivity contribution in [3.63, 3.8) is 0 Å². The summed E-state index contributed by atoms with van der Waals surface area (Å²) in [6, 6.07) is 6.86. The minimum Gasteiger partial charge on any atom is -0.330 e. The van der Waals surface area contributed by atoms with Crippen molar-refractivity contribution in [3.05, 3.63) is 34.9 Å². The summed E-state index contributed by atoms with van der Waals surface area (Å²) in [7, 11) is 0. The van der Waals surface area contributed by atoms with E-state index in [4.69, 9.17) is 5.73 Å². The third kappa shape index (κ3) is 1.57. The van der Waals surface area contributed by atoms with Crippen LogP contribution in [0.2, 0.25) is 0 Å². The molecule has 2 rings (SSSR count). The molecule has 0 heterocycles. The van der Waals surface area contributed by atoms with E-state index in [1.54, 1.807) is 11.1 Å². The molecule has 76 valence electrons. The summed E-state index contributed by atoms with van der Waals surface area (Å²) in [6.45, 7) is 5.32. The van der Waals surface area contributed by atoms with Gasteiger partial charge in [0, 0.05) is 0 Å². The van der Waals surface area contributed by atoms with Crippen molar-refractivity contribution < 1.29 is 0 Å². The van der Waals surface area contributed by atoms with Crippen molar-refractivity contribution in [2.24, 2.45) is 11.7 Å². The van der Waals surface area contributed by atoms with Gasteiger partial charge in [-0.15, -0.1) is 0 Å². The second-order valence-corrected chi connectivity index (χ2v) is 4.57. The molecule has 0 fully saturated rings. The van der Waals surface area contributed by atoms with Gasteiger partial charge >= 0.3 is 0 Å². The van der Waals surface area contributed by atoms with Crippen LogP contribution in [0.3, 0.4) is 0 Å². The molecule has 1 aromatic rings. The second-order valence-electron chi connectivity index (χ2n) is 4.57. The first-order chi connectivity index (χ1) is 6.72. The lowest BCUT2D eigenvalue weighted by Gasteiger charge is -2.15. The maximum atomic E-state index is 5.66. The van der Waals surface area contributed by atoms with Gasteiger partial charge in [-0.1, -0.05) is 30.7 Å². The molecule has 2 N–H and O–H groups in total. The molecular weight excluding hydrogens is 170 g/mol. The molecule has 0 spiro atoms. The summed E-state index contributed by atoms with van der Waals surface area (Å²) in [6.07, 6.45) is 2.37. The Kier molecular flexibility index (Phi) is 2.60. The fourth-order valence-corrected chi connectivity index (χ4v) is 2.69. The first-order valence-electron chi connectivity index (χ1n) is 5.52. The summed E-state index contributed by atoms with van der Waals surface area (Å²) >= 11 is 0. The SMILES string of the molecule is Cc1ccc2c(c1)CC(C)C2CCN. The van der Waals surface area contributed by atoms with Gasteiger partial charge in [0.05, 0.1) is 0 Å². The molecule has 0 radical (unpaired) electrons. The topological polar surface area (TPSA) is 26.0 Å². The summed E-state index contributed by atoms with van der Waals surface area (Å²) in [5.74, 6) is 1.48. The third-order valence-electron chi connectivity index (χ3n) is 3.40. The van der Waals surface area contributed by atoms with Crippen LogP contribution in [-0.2, 0) is 6.42 Å². The van der Waals surface area contributed by atoms with E-state index in [0.29, 0.717) is 5.92 Å². The van der Waals surface area contributed by atoms with Gasteiger partial charge in [-0.25, -0.2) is 0 Å². The lowest BCUT2D eigenvalue weighted by Crippen LogP contribution is -2.10. The van der Waals surface area contributed by atoms with Crippen molar-refractivity contribution in [1.82, 2.24) is 0 Å². The van der Waals surface area contributed by atoms with E-state index in [9.17, 15) is 0 Å². The molecule has 1 aliphatic rings. The number of fused-ring (bicyclic) bond motifs is 1. The van der Waals surface area contributed by atoms with Gasteiger partial charge in [-0.05, 0) is 49.3 Å². The van der Waals surface area contributed by atoms with E-state index >= 15 is 0 Å². The Morgan fingerprint density at radius 1 is 1.43 bits per heavy atom. The lowest BCUT2D eigenvalue weighted by atomic mass is 9.91. The largest absolute Gasteiger partial charge is 0.330 e. The van der Waals surface area contributed by atoms with E-state index in [1.165, 1.54) is 12.0 Å². The Balaban J connectivity index is 2.33. The monoisotopic (exact) mass is 189 g/mol. The quantitative estimate of drug-likeness (QED) is 0.760. The zero-order valence-corrected chi connectivity index (χ0v) is 9.09. The van der Waals surface area contributed by atoms with Crippen molar-refractivity contribution >= 4 is 0 Å². The van der Waals surface area contributed by atoms with Crippen LogP contribution < -0.4 is 5.73 Å². The molecule has 0 amide bonds. The van der Waals surface area contributed by atoms with Gasteiger partial charge < -0.3 is 5.73 Å². The summed E-state index contributed by atoms with van der Waals surface area (Å²) < 4.78 is 0. The first kappa shape index (κ1) is 9.72. The van der Waals surface area contributed by atoms with Crippen LogP contribution in [-0.4, -0.2) is 6.54 Å². The van der Waals surface area contributed by atoms with E-state index in [0.717, 1.165) is 18.9 Å². The fraction of sp³-hybridized carbons (Fsp3) is 0.538. The number of nitrogens with two attached hydrogens (primary N) is 1. The van der Waals surface area contributed by atoms with Crippen molar-refractivity contribution in [1.29, 1.82) is 0 Å². The highest BCUT2D eigenvalue weighted by Gasteiger charge is 2.28. The molecule has 0 aliphatic heterocycles. The highest BCUT2D eigenvalue weighted by molar-refractivity contribution is 5.38. The van der Waals surface area contributed by atoms with Crippen LogP contribution in [0.25, 0.3) is 0 Å². The van der Waals surface area contributed by atoms with Crippen LogP contribution in [0.5, 0.6) is 0 Å². The predicted molar refractivity (Wildman–Crippen MR) is 60.5 cm³/mol. The number of hydrogen-bond donors (Lipinski definition) is 1. The Bertz CT molecular complexity index is 330. The average Bonchev–Trinajstić information content (AvgIpc) is 2.43. The van der Waals surface area contributed by atoms with Crippen molar-refractivity contribution in [3.8, 4) is 0 Å². The second kappa shape index (κ2) is 3.74. The Morgan fingerprint density at radius 2 is 2.21 bits per heavy atom. The van der Waals surface area contributed by atoms with Gasteiger partial charge in [-0.3, -0.25) is 0 Å². The predicted octanol–water partition coefficient (Wildman–Crippen LogP) is 2.62. The number of benzene rings is 1. The highest BCUT2D eigenvalue weighted by Crippen LogP contribution is 2.39. The first-order valence-corrected chi connectivity index (χ1v) is 5.52. The maximum Gasteiger partial charge on any atom is -0.00713 e. The number of rotatable bonds is 2. The molecule has 1 nitrogen and oxygen atoms in total. The Morgan fingerprint density at radius 3 is 2.93 bits per heavy atom. The third-order valence-corrected chi connectivity index (χ3v) is 3.40. The summed E-state index contributed by atoms with van der Waals surface area (Å²) in [5, 5.41) is 0. The maximum absolute atomic E-state index is 5.66. The minimum absolute atomic E-state index is 0.704. The van der Waals surface area contributed by atoms with Gasteiger partial charge in [0.15, 0.2) is 0 Å². The Labute approximate surface area is 86.3 Å². The lowest BCUT2D eigenvalue weighted by molar-refractivity contribution is 0.475. The van der Waals surface area contributed by atoms with Crippen molar-refractivity contribution in [2.75, 3.05) is 6.54 Å². The fourth-order valence-electron chi connectivity index (χ4n) is 2.69. The van der Waals surface area contributed by atoms with E-state index in [-0.39, 0.29) is 0 Å². The molecule has 2 atom stereocenters. The molecule has 1 heteroatoms. The molecule has 0 aromatic heterocycles. The van der Waals surface area contributed by atoms with Crippen molar-refractivity contribution in [2.45, 2.75) is 32.6 Å². The molecule has 14 heavy (non-hydrogen) atoms. The minimum atomic E-state index is 0.704. The molecule has 2 unspecified atom stereocenters. The van der Waals surface area contributed by atoms with E-state index in [1.807, 2.05) is 0 Å². The normalized spacial score (nSPS) is 25.1. The van der Waals surface area contributed by atoms with Gasteiger partial charge in [0.1, 0.15) is 0 Å². The smallest absolute Gasteiger partial charge is 0.00713 e. The molecule has 1 aliphatic carbocycles. The summed E-state index contributed by atoms with van der Waals surface area (Å²) in [5.41, 5.74) is 10.1. The molecular formula is C13H19N. The number of hydrogen-bond acceptors (Lipinski definition) is 1. The van der Waals surface area contributed by atoms with Gasteiger partial charge in [0.25, 0.3) is 0 Å². The molecule has 0 saturated heterocycles. The number of aryl methyl sites for hydroxylation is 1. The van der Waals surface area contributed by atoms with E-state index < -0.39 is 0 Å². The van der Waals surface area contributed by atoms with Gasteiger partial charge in [-0.2, -0.15) is 0 Å². The molecule has 1 aromatic carbocycles. The van der Waals surface area contributed by atoms with Crippen LogP contribution >= 0.6 is 0 Å². The zero-order valence-electron chi connectivity index (χ0n) is 9.09. The molecule has 0 saturated carbocycles. The van der Waals surface area contributed by atoms with Crippen LogP contribution in [0.15, 0.2) is 18.2 Å². The van der Waals surface area contributed by atoms with Crippen LogP contribution in [0.4, 0.5) is 0 Å². The van der Waals surface area contributed by atoms with Crippen LogP contribution in [0, 0.1) is 12.8 Å². The van der Waals surface area contributed by atoms with E-state index in [2.05, 4.69) is 32.0 Å².